The molecule has 1 aromatic rings. The van der Waals surface area contributed by atoms with Crippen LogP contribution in [0.15, 0.2) is 24.3 Å². The van der Waals surface area contributed by atoms with Crippen LogP contribution in [0.1, 0.15) is 19.4 Å². The van der Waals surface area contributed by atoms with Crippen molar-refractivity contribution < 1.29 is 37.6 Å². The summed E-state index contributed by atoms with van der Waals surface area (Å²) in [6, 6.07) is 6.87. The minimum absolute atomic E-state index is 0.126. The number of rotatable bonds is 8. The Morgan fingerprint density at radius 1 is 1.24 bits per heavy atom. The van der Waals surface area contributed by atoms with Gasteiger partial charge in [-0.05, 0) is 18.6 Å². The first-order valence-corrected chi connectivity index (χ1v) is 7.67. The first-order valence-electron chi connectivity index (χ1n) is 7.67. The summed E-state index contributed by atoms with van der Waals surface area (Å²) in [6.07, 6.45) is -4.84. The molecule has 0 spiro atoms. The van der Waals surface area contributed by atoms with Crippen molar-refractivity contribution in [3.8, 4) is 5.75 Å². The summed E-state index contributed by atoms with van der Waals surface area (Å²) >= 11 is 0. The lowest BCUT2D eigenvalue weighted by atomic mass is 10.1. The fourth-order valence-electron chi connectivity index (χ4n) is 2.36. The highest BCUT2D eigenvalue weighted by Crippen LogP contribution is 2.27. The van der Waals surface area contributed by atoms with Gasteiger partial charge in [-0.3, -0.25) is 10.1 Å². The van der Waals surface area contributed by atoms with E-state index in [9.17, 15) is 22.8 Å². The van der Waals surface area contributed by atoms with E-state index in [4.69, 9.17) is 4.74 Å². The number of quaternary nitrogens is 1. The highest BCUT2D eigenvalue weighted by atomic mass is 19.4. The number of ether oxygens (including phenoxy) is 2. The molecule has 0 aromatic heterocycles. The number of nitrogens with one attached hydrogen (secondary N) is 1. The van der Waals surface area contributed by atoms with Crippen LogP contribution in [0.5, 0.6) is 5.75 Å². The Labute approximate surface area is 143 Å². The minimum atomic E-state index is -5.04. The van der Waals surface area contributed by atoms with E-state index < -0.39 is 23.7 Å². The molecule has 0 saturated carbocycles. The standard InChI is InChI=1S/C16H21F3N2O4/c1-4-25-14(23)15(16(17,18)19,21-11(2)22)20-10-9-12-7-5-6-8-13(12)24-3/h5-8,20H,4,9-10H2,1-3H3,(H,21,22)/p+1/t15-/m1/s1. The summed E-state index contributed by atoms with van der Waals surface area (Å²) in [5.74, 6) is -2.01. The normalized spacial score (nSPS) is 13.7. The van der Waals surface area contributed by atoms with Crippen LogP contribution in [0.4, 0.5) is 13.2 Å². The second-order valence-corrected chi connectivity index (χ2v) is 5.26. The molecule has 3 N–H and O–H groups in total. The molecule has 9 heteroatoms. The summed E-state index contributed by atoms with van der Waals surface area (Å²) in [5, 5.41) is 2.44. The number of alkyl halides is 3. The van der Waals surface area contributed by atoms with E-state index in [2.05, 4.69) is 4.74 Å². The van der Waals surface area contributed by atoms with E-state index in [1.54, 1.807) is 29.6 Å². The summed E-state index contributed by atoms with van der Waals surface area (Å²) in [7, 11) is 1.46. The Kier molecular flexibility index (Phi) is 7.22. The van der Waals surface area contributed by atoms with Crippen LogP contribution in [0.2, 0.25) is 0 Å². The Bertz CT molecular complexity index is 607. The largest absolute Gasteiger partial charge is 0.496 e. The van der Waals surface area contributed by atoms with E-state index in [1.165, 1.54) is 14.0 Å². The molecular formula is C16H22F3N2O4+. The number of esters is 1. The Hall–Kier alpha value is -2.29. The van der Waals surface area contributed by atoms with Gasteiger partial charge in [0.15, 0.2) is 0 Å². The van der Waals surface area contributed by atoms with Crippen molar-refractivity contribution in [2.75, 3.05) is 20.3 Å². The maximum absolute atomic E-state index is 13.6. The monoisotopic (exact) mass is 363 g/mol. The smallest absolute Gasteiger partial charge is 0.478 e. The summed E-state index contributed by atoms with van der Waals surface area (Å²) in [6.45, 7) is 1.94. The maximum atomic E-state index is 13.6. The Morgan fingerprint density at radius 2 is 1.88 bits per heavy atom. The van der Waals surface area contributed by atoms with Gasteiger partial charge in [0.2, 0.25) is 5.91 Å². The third kappa shape index (κ3) is 5.09. The molecule has 0 bridgehead atoms. The summed E-state index contributed by atoms with van der Waals surface area (Å²) in [4.78, 5) is 23.3. The molecule has 1 atom stereocenters. The number of hydrogen-bond acceptors (Lipinski definition) is 4. The van der Waals surface area contributed by atoms with Gasteiger partial charge in [-0.2, -0.15) is 13.2 Å². The molecule has 0 saturated heterocycles. The van der Waals surface area contributed by atoms with Gasteiger partial charge in [0.1, 0.15) is 5.75 Å². The molecule has 0 unspecified atom stereocenters. The van der Waals surface area contributed by atoms with Gasteiger partial charge < -0.3 is 14.8 Å². The lowest BCUT2D eigenvalue weighted by Crippen LogP contribution is -3.07. The molecule has 0 aliphatic carbocycles. The first kappa shape index (κ1) is 20.8. The highest BCUT2D eigenvalue weighted by molar-refractivity contribution is 5.86. The van der Waals surface area contributed by atoms with Gasteiger partial charge in [0, 0.05) is 13.3 Å². The van der Waals surface area contributed by atoms with Crippen molar-refractivity contribution in [1.29, 1.82) is 0 Å². The molecule has 0 heterocycles. The van der Waals surface area contributed by atoms with E-state index in [1.807, 2.05) is 0 Å². The SMILES string of the molecule is CCOC(=O)[C@](NC(C)=O)([NH2+]CCc1ccccc1OC)C(F)(F)F. The zero-order chi connectivity index (χ0) is 19.1. The molecule has 140 valence electrons. The number of para-hydroxylation sites is 1. The van der Waals surface area contributed by atoms with Gasteiger partial charge >= 0.3 is 17.8 Å². The highest BCUT2D eigenvalue weighted by Gasteiger charge is 2.67. The minimum Gasteiger partial charge on any atom is -0.496 e. The average Bonchev–Trinajstić information content (AvgIpc) is 2.53. The van der Waals surface area contributed by atoms with E-state index in [-0.39, 0.29) is 19.6 Å². The second kappa shape index (κ2) is 8.70. The summed E-state index contributed by atoms with van der Waals surface area (Å²) < 4.78 is 50.5. The van der Waals surface area contributed by atoms with Gasteiger partial charge in [0.05, 0.1) is 20.3 Å². The number of nitrogens with two attached hydrogens (primary N) is 1. The molecule has 1 amide bonds. The Morgan fingerprint density at radius 3 is 2.40 bits per heavy atom. The molecule has 0 fully saturated rings. The van der Waals surface area contributed by atoms with Crippen LogP contribution in [0.25, 0.3) is 0 Å². The number of hydrogen-bond donors (Lipinski definition) is 2. The van der Waals surface area contributed by atoms with Crippen molar-refractivity contribution in [3.63, 3.8) is 0 Å². The zero-order valence-electron chi connectivity index (χ0n) is 14.3. The number of halogens is 3. The molecule has 0 radical (unpaired) electrons. The molecule has 1 rings (SSSR count). The number of carbonyl (C=O) groups is 2. The number of benzene rings is 1. The fourth-order valence-corrected chi connectivity index (χ4v) is 2.36. The summed E-state index contributed by atoms with van der Waals surface area (Å²) in [5.41, 5.74) is -2.50. The molecule has 0 aliphatic rings. The van der Waals surface area contributed by atoms with Gasteiger partial charge in [-0.1, -0.05) is 18.2 Å². The maximum Gasteiger partial charge on any atom is 0.478 e. The van der Waals surface area contributed by atoms with E-state index in [0.29, 0.717) is 11.3 Å². The van der Waals surface area contributed by atoms with Crippen LogP contribution in [0.3, 0.4) is 0 Å². The van der Waals surface area contributed by atoms with Crippen molar-refractivity contribution >= 4 is 11.9 Å². The van der Waals surface area contributed by atoms with Crippen LogP contribution < -0.4 is 15.4 Å². The van der Waals surface area contributed by atoms with Crippen molar-refractivity contribution in [2.24, 2.45) is 0 Å². The third-order valence-corrected chi connectivity index (χ3v) is 3.47. The van der Waals surface area contributed by atoms with Crippen LogP contribution in [0, 0.1) is 0 Å². The van der Waals surface area contributed by atoms with Crippen molar-refractivity contribution in [2.45, 2.75) is 32.1 Å². The van der Waals surface area contributed by atoms with Crippen LogP contribution in [-0.2, 0) is 20.7 Å². The van der Waals surface area contributed by atoms with Crippen molar-refractivity contribution in [3.05, 3.63) is 29.8 Å². The predicted molar refractivity (Wildman–Crippen MR) is 82.7 cm³/mol. The number of amides is 1. The van der Waals surface area contributed by atoms with E-state index >= 15 is 0 Å². The fraction of sp³-hybridized carbons (Fsp3) is 0.500. The Balaban J connectivity index is 3.03. The van der Waals surface area contributed by atoms with Crippen molar-refractivity contribution in [1.82, 2.24) is 5.32 Å². The first-order chi connectivity index (χ1) is 11.7. The predicted octanol–water partition coefficient (Wildman–Crippen LogP) is 0.759. The topological polar surface area (TPSA) is 81.2 Å². The van der Waals surface area contributed by atoms with Gasteiger partial charge in [-0.15, -0.1) is 0 Å². The molecule has 25 heavy (non-hydrogen) atoms. The quantitative estimate of drug-likeness (QED) is 0.528. The van der Waals surface area contributed by atoms with Crippen LogP contribution >= 0.6 is 0 Å². The zero-order valence-corrected chi connectivity index (χ0v) is 14.3. The number of carbonyl (C=O) groups excluding carboxylic acids is 2. The lowest BCUT2D eigenvalue weighted by Gasteiger charge is -2.31. The lowest BCUT2D eigenvalue weighted by molar-refractivity contribution is -0.743. The molecule has 0 aliphatic heterocycles. The second-order valence-electron chi connectivity index (χ2n) is 5.26. The van der Waals surface area contributed by atoms with E-state index in [0.717, 1.165) is 12.2 Å². The average molecular weight is 363 g/mol. The van der Waals surface area contributed by atoms with Crippen LogP contribution in [-0.4, -0.2) is 44.0 Å². The molecular weight excluding hydrogens is 341 g/mol. The molecule has 1 aromatic carbocycles. The van der Waals surface area contributed by atoms with Gasteiger partial charge in [0.25, 0.3) is 0 Å². The third-order valence-electron chi connectivity index (χ3n) is 3.47. The molecule has 6 nitrogen and oxygen atoms in total. The number of methoxy groups -OCH3 is 1. The van der Waals surface area contributed by atoms with Gasteiger partial charge in [-0.25, -0.2) is 4.79 Å².